The van der Waals surface area contributed by atoms with Gasteiger partial charge in [-0.3, -0.25) is 18.3 Å². The summed E-state index contributed by atoms with van der Waals surface area (Å²) in [6.45, 7) is 0.0249. The minimum atomic E-state index is -2.37. The summed E-state index contributed by atoms with van der Waals surface area (Å²) in [5, 5.41) is 6.82. The van der Waals surface area contributed by atoms with E-state index in [1.165, 1.54) is 37.7 Å². The molecule has 3 N–H and O–H groups in total. The van der Waals surface area contributed by atoms with Gasteiger partial charge >= 0.3 is 11.4 Å². The third-order valence-corrected chi connectivity index (χ3v) is 9.19. The van der Waals surface area contributed by atoms with E-state index in [0.717, 1.165) is 33.4 Å². The van der Waals surface area contributed by atoms with E-state index in [9.17, 15) is 13.8 Å². The van der Waals surface area contributed by atoms with Crippen molar-refractivity contribution in [3.05, 3.63) is 125 Å². The Morgan fingerprint density at radius 1 is 0.894 bits per heavy atom. The van der Waals surface area contributed by atoms with Crippen LogP contribution in [0.1, 0.15) is 71.0 Å². The molecule has 2 atom stereocenters. The second-order valence-electron chi connectivity index (χ2n) is 12.0. The van der Waals surface area contributed by atoms with Crippen LogP contribution in [-0.4, -0.2) is 33.7 Å². The van der Waals surface area contributed by atoms with Crippen molar-refractivity contribution in [2.45, 2.75) is 50.4 Å². The Morgan fingerprint density at radius 2 is 1.62 bits per heavy atom. The minimum Gasteiger partial charge on any atom is -0.456 e. The highest BCUT2D eigenvalue weighted by Gasteiger charge is 2.23. The van der Waals surface area contributed by atoms with Crippen LogP contribution in [0.3, 0.4) is 0 Å². The van der Waals surface area contributed by atoms with E-state index in [0.29, 0.717) is 23.6 Å². The van der Waals surface area contributed by atoms with E-state index in [2.05, 4.69) is 39.1 Å². The molecule has 2 amide bonds. The van der Waals surface area contributed by atoms with Crippen LogP contribution in [0.2, 0.25) is 0 Å². The highest BCUT2D eigenvalue weighted by molar-refractivity contribution is 7.74. The lowest BCUT2D eigenvalue weighted by Gasteiger charge is -2.23. The van der Waals surface area contributed by atoms with Gasteiger partial charge in [-0.05, 0) is 90.4 Å². The van der Waals surface area contributed by atoms with Gasteiger partial charge < -0.3 is 15.1 Å². The molecule has 1 saturated carbocycles. The van der Waals surface area contributed by atoms with Gasteiger partial charge in [0.1, 0.15) is 11.3 Å². The van der Waals surface area contributed by atoms with Crippen LogP contribution < -0.4 is 10.6 Å². The number of fused-ring (bicyclic) bond motifs is 1. The van der Waals surface area contributed by atoms with Crippen molar-refractivity contribution >= 4 is 39.8 Å². The number of para-hydroxylation sites is 1. The molecular formula is C38H38N2O6S. The Labute approximate surface area is 277 Å². The second-order valence-corrected chi connectivity index (χ2v) is 12.6. The summed E-state index contributed by atoms with van der Waals surface area (Å²) in [5.74, 6) is 0.456. The van der Waals surface area contributed by atoms with Crippen LogP contribution in [0.4, 0.5) is 5.69 Å². The summed E-state index contributed by atoms with van der Waals surface area (Å²) in [4.78, 5) is 26.4. The third kappa shape index (κ3) is 8.43. The monoisotopic (exact) mass is 650 g/mol. The number of hydrogen-bond acceptors (Lipinski definition) is 5. The molecule has 1 aliphatic carbocycles. The number of benzene rings is 4. The van der Waals surface area contributed by atoms with Crippen molar-refractivity contribution in [2.24, 2.45) is 0 Å². The number of carbonyl (C=O) groups is 2. The van der Waals surface area contributed by atoms with Gasteiger partial charge in [-0.25, -0.2) is 0 Å². The fraction of sp³-hybridized carbons (Fsp3) is 0.263. The van der Waals surface area contributed by atoms with Crippen LogP contribution in [-0.2, 0) is 26.8 Å². The molecule has 8 nitrogen and oxygen atoms in total. The molecule has 47 heavy (non-hydrogen) atoms. The maximum absolute atomic E-state index is 13.9. The zero-order valence-corrected chi connectivity index (χ0v) is 26.8. The quantitative estimate of drug-likeness (QED) is 0.0931. The standard InChI is InChI=1S/C38H38N2O6S/c41-37(39-22-23-45-47(43)44)31-12-10-26(11-13-31)24-34(29-16-14-28(15-17-29)27-6-2-1-3-7-27)38(42)40-33-20-18-30(19-21-33)36-25-32-8-4-5-9-35(32)46-36/h4-5,8-21,25,27,34H,1-3,6-7,22-24H2,(H,39,41)(H,40,42)(H,43,44). The Bertz CT molecular complexity index is 1790. The number of hydrogen-bond donors (Lipinski definition) is 3. The van der Waals surface area contributed by atoms with Crippen molar-refractivity contribution in [2.75, 3.05) is 18.5 Å². The van der Waals surface area contributed by atoms with Crippen LogP contribution in [0.25, 0.3) is 22.3 Å². The van der Waals surface area contributed by atoms with Crippen molar-refractivity contribution in [3.63, 3.8) is 0 Å². The molecule has 1 aromatic heterocycles. The molecule has 2 unspecified atom stereocenters. The zero-order valence-electron chi connectivity index (χ0n) is 26.0. The largest absolute Gasteiger partial charge is 0.456 e. The first-order valence-electron chi connectivity index (χ1n) is 16.0. The Balaban J connectivity index is 1.17. The van der Waals surface area contributed by atoms with Gasteiger partial charge in [-0.1, -0.05) is 73.9 Å². The minimum absolute atomic E-state index is 0.0775. The van der Waals surface area contributed by atoms with Gasteiger partial charge in [0.05, 0.1) is 12.5 Å². The lowest BCUT2D eigenvalue weighted by molar-refractivity contribution is -0.117. The number of amides is 2. The van der Waals surface area contributed by atoms with E-state index in [1.54, 1.807) is 12.1 Å². The number of furan rings is 1. The maximum atomic E-state index is 13.9. The van der Waals surface area contributed by atoms with Crippen molar-refractivity contribution in [1.29, 1.82) is 0 Å². The highest BCUT2D eigenvalue weighted by atomic mass is 32.2. The molecular weight excluding hydrogens is 612 g/mol. The SMILES string of the molecule is O=C(NCCOS(=O)O)c1ccc(CC(C(=O)Nc2ccc(-c3cc4ccccc4o3)cc2)c2ccc(C3CCCCC3)cc2)cc1. The van der Waals surface area contributed by atoms with E-state index in [1.807, 2.05) is 66.7 Å². The van der Waals surface area contributed by atoms with Gasteiger partial charge in [0.25, 0.3) is 5.91 Å². The average Bonchev–Trinajstić information content (AvgIpc) is 3.54. The second kappa shape index (κ2) is 15.3. The number of nitrogens with one attached hydrogen (secondary N) is 2. The molecule has 0 spiro atoms. The fourth-order valence-electron chi connectivity index (χ4n) is 6.28. The molecule has 6 rings (SSSR count). The van der Waals surface area contributed by atoms with Crippen LogP contribution in [0, 0.1) is 0 Å². The molecule has 1 fully saturated rings. The Morgan fingerprint density at radius 3 is 2.32 bits per heavy atom. The van der Waals surface area contributed by atoms with Gasteiger partial charge in [0.2, 0.25) is 5.91 Å². The van der Waals surface area contributed by atoms with Gasteiger partial charge in [0, 0.05) is 28.7 Å². The van der Waals surface area contributed by atoms with Crippen LogP contribution >= 0.6 is 0 Å². The molecule has 0 saturated heterocycles. The number of carbonyl (C=O) groups excluding carboxylic acids is 2. The van der Waals surface area contributed by atoms with Crippen molar-refractivity contribution < 1.29 is 27.0 Å². The van der Waals surface area contributed by atoms with Crippen molar-refractivity contribution in [3.8, 4) is 11.3 Å². The number of anilines is 1. The van der Waals surface area contributed by atoms with E-state index < -0.39 is 17.3 Å². The summed E-state index contributed by atoms with van der Waals surface area (Å²) in [6, 6.07) is 33.2. The molecule has 9 heteroatoms. The van der Waals surface area contributed by atoms with E-state index in [-0.39, 0.29) is 25.0 Å². The van der Waals surface area contributed by atoms with Crippen LogP contribution in [0.15, 0.2) is 108 Å². The summed E-state index contributed by atoms with van der Waals surface area (Å²) < 4.78 is 29.9. The lowest BCUT2D eigenvalue weighted by Crippen LogP contribution is -2.27. The van der Waals surface area contributed by atoms with Crippen molar-refractivity contribution in [1.82, 2.24) is 5.32 Å². The predicted molar refractivity (Wildman–Crippen MR) is 184 cm³/mol. The maximum Gasteiger partial charge on any atom is 0.301 e. The summed E-state index contributed by atoms with van der Waals surface area (Å²) >= 11 is -2.37. The molecule has 0 aliphatic heterocycles. The Hall–Kier alpha value is -4.57. The zero-order chi connectivity index (χ0) is 32.6. The summed E-state index contributed by atoms with van der Waals surface area (Å²) in [6.07, 6.45) is 6.69. The third-order valence-electron chi connectivity index (χ3n) is 8.82. The van der Waals surface area contributed by atoms with Crippen LogP contribution in [0.5, 0.6) is 0 Å². The van der Waals surface area contributed by atoms with E-state index >= 15 is 0 Å². The average molecular weight is 651 g/mol. The fourth-order valence-corrected chi connectivity index (χ4v) is 6.50. The summed E-state index contributed by atoms with van der Waals surface area (Å²) in [5.41, 5.74) is 6.08. The lowest BCUT2D eigenvalue weighted by atomic mass is 9.83. The highest BCUT2D eigenvalue weighted by Crippen LogP contribution is 2.34. The predicted octanol–water partition coefficient (Wildman–Crippen LogP) is 8.00. The molecule has 5 aromatic rings. The number of rotatable bonds is 12. The smallest absolute Gasteiger partial charge is 0.301 e. The van der Waals surface area contributed by atoms with Gasteiger partial charge in [0.15, 0.2) is 0 Å². The molecule has 0 radical (unpaired) electrons. The van der Waals surface area contributed by atoms with E-state index in [4.69, 9.17) is 8.97 Å². The first kappa shape index (κ1) is 32.4. The molecule has 0 bridgehead atoms. The molecule has 242 valence electrons. The normalized spacial score (nSPS) is 14.8. The molecule has 1 heterocycles. The van der Waals surface area contributed by atoms with Gasteiger partial charge in [-0.2, -0.15) is 4.21 Å². The topological polar surface area (TPSA) is 118 Å². The molecule has 4 aromatic carbocycles. The Kier molecular flexibility index (Phi) is 10.6. The first-order chi connectivity index (χ1) is 22.9. The first-order valence-corrected chi connectivity index (χ1v) is 17.1. The van der Waals surface area contributed by atoms with Gasteiger partial charge in [-0.15, -0.1) is 0 Å². The molecule has 1 aliphatic rings. The summed E-state index contributed by atoms with van der Waals surface area (Å²) in [7, 11) is 0.